The van der Waals surface area contributed by atoms with Crippen LogP contribution in [0.4, 0.5) is 0 Å². The fraction of sp³-hybridized carbons (Fsp3) is 0.385. The second-order valence-electron chi connectivity index (χ2n) is 3.82. The molecule has 16 heavy (non-hydrogen) atoms. The predicted molar refractivity (Wildman–Crippen MR) is 63.0 cm³/mol. The Balaban J connectivity index is 2.02. The largest absolute Gasteiger partial charge is 0.441 e. The molecule has 0 atom stereocenters. The van der Waals surface area contributed by atoms with E-state index in [1.165, 1.54) is 19.3 Å². The van der Waals surface area contributed by atoms with Crippen molar-refractivity contribution in [1.29, 1.82) is 0 Å². The van der Waals surface area contributed by atoms with E-state index in [1.807, 2.05) is 18.3 Å². The first-order valence-electron chi connectivity index (χ1n) is 5.75. The van der Waals surface area contributed by atoms with Gasteiger partial charge in [-0.3, -0.25) is 4.98 Å². The van der Waals surface area contributed by atoms with E-state index in [9.17, 15) is 0 Å². The van der Waals surface area contributed by atoms with Crippen molar-refractivity contribution in [3.8, 4) is 11.5 Å². The highest BCUT2D eigenvalue weighted by atomic mass is 16.4. The summed E-state index contributed by atoms with van der Waals surface area (Å²) in [5.74, 6) is 1.66. The van der Waals surface area contributed by atoms with Gasteiger partial charge in [-0.2, -0.15) is 0 Å². The van der Waals surface area contributed by atoms with Crippen molar-refractivity contribution in [3.63, 3.8) is 0 Å². The number of hydrogen-bond donors (Lipinski definition) is 0. The van der Waals surface area contributed by atoms with E-state index in [4.69, 9.17) is 4.42 Å². The first-order valence-corrected chi connectivity index (χ1v) is 5.75. The molecule has 0 unspecified atom stereocenters. The molecule has 0 aliphatic rings. The van der Waals surface area contributed by atoms with E-state index < -0.39 is 0 Å². The molecule has 0 aliphatic heterocycles. The van der Waals surface area contributed by atoms with Gasteiger partial charge in [-0.05, 0) is 18.6 Å². The Bertz CT molecular complexity index is 423. The van der Waals surface area contributed by atoms with Crippen LogP contribution in [-0.2, 0) is 6.42 Å². The minimum atomic E-state index is 0.689. The van der Waals surface area contributed by atoms with Crippen LogP contribution in [0.2, 0.25) is 0 Å². The number of nitrogens with zero attached hydrogens (tertiary/aromatic N) is 2. The molecule has 0 radical (unpaired) electrons. The average Bonchev–Trinajstić information content (AvgIpc) is 2.79. The predicted octanol–water partition coefficient (Wildman–Crippen LogP) is 3.47. The second kappa shape index (κ2) is 5.45. The van der Waals surface area contributed by atoms with Crippen LogP contribution in [0.5, 0.6) is 0 Å². The molecule has 3 nitrogen and oxygen atoms in total. The molecule has 84 valence electrons. The van der Waals surface area contributed by atoms with Crippen molar-refractivity contribution < 1.29 is 4.42 Å². The molecule has 0 fully saturated rings. The summed E-state index contributed by atoms with van der Waals surface area (Å²) in [5, 5.41) is 0. The number of hydrogen-bond acceptors (Lipinski definition) is 3. The smallest absolute Gasteiger partial charge is 0.226 e. The molecule has 3 heteroatoms. The lowest BCUT2D eigenvalue weighted by Gasteiger charge is -1.95. The average molecular weight is 216 g/mol. The number of pyridine rings is 1. The molecule has 0 bridgehead atoms. The van der Waals surface area contributed by atoms with Gasteiger partial charge in [0, 0.05) is 24.4 Å². The summed E-state index contributed by atoms with van der Waals surface area (Å²) in [4.78, 5) is 8.24. The van der Waals surface area contributed by atoms with Crippen LogP contribution in [0.15, 0.2) is 35.1 Å². The van der Waals surface area contributed by atoms with Crippen LogP contribution < -0.4 is 0 Å². The van der Waals surface area contributed by atoms with Gasteiger partial charge in [-0.1, -0.05) is 19.8 Å². The van der Waals surface area contributed by atoms with Gasteiger partial charge in [0.05, 0.1) is 6.20 Å². The molecule has 0 aromatic carbocycles. The standard InChI is InChI=1S/C13H16N2O/c1-2-3-4-5-12-10-15-13(16-12)11-6-8-14-9-7-11/h6-10H,2-5H2,1H3. The molecular formula is C13H16N2O. The maximum atomic E-state index is 5.68. The normalized spacial score (nSPS) is 10.6. The first-order chi connectivity index (χ1) is 7.90. The fourth-order valence-electron chi connectivity index (χ4n) is 1.60. The van der Waals surface area contributed by atoms with Gasteiger partial charge in [0.25, 0.3) is 0 Å². The lowest BCUT2D eigenvalue weighted by Crippen LogP contribution is -1.81. The van der Waals surface area contributed by atoms with Crippen molar-refractivity contribution >= 4 is 0 Å². The molecule has 0 N–H and O–H groups in total. The second-order valence-corrected chi connectivity index (χ2v) is 3.82. The van der Waals surface area contributed by atoms with Gasteiger partial charge in [0.2, 0.25) is 5.89 Å². The third kappa shape index (κ3) is 2.69. The Morgan fingerprint density at radius 3 is 2.75 bits per heavy atom. The lowest BCUT2D eigenvalue weighted by molar-refractivity contribution is 0.505. The van der Waals surface area contributed by atoms with Crippen molar-refractivity contribution in [2.24, 2.45) is 0 Å². The van der Waals surface area contributed by atoms with Crippen molar-refractivity contribution in [2.45, 2.75) is 32.6 Å². The highest BCUT2D eigenvalue weighted by Gasteiger charge is 2.05. The summed E-state index contributed by atoms with van der Waals surface area (Å²) >= 11 is 0. The summed E-state index contributed by atoms with van der Waals surface area (Å²) in [7, 11) is 0. The van der Waals surface area contributed by atoms with Crippen LogP contribution >= 0.6 is 0 Å². The van der Waals surface area contributed by atoms with Crippen LogP contribution in [0, 0.1) is 0 Å². The molecule has 0 saturated carbocycles. The zero-order valence-electron chi connectivity index (χ0n) is 9.52. The fourth-order valence-corrected chi connectivity index (χ4v) is 1.60. The molecular weight excluding hydrogens is 200 g/mol. The summed E-state index contributed by atoms with van der Waals surface area (Å²) in [5.41, 5.74) is 0.983. The Morgan fingerprint density at radius 1 is 1.19 bits per heavy atom. The Hall–Kier alpha value is -1.64. The van der Waals surface area contributed by atoms with Crippen LogP contribution in [0.3, 0.4) is 0 Å². The number of aromatic nitrogens is 2. The topological polar surface area (TPSA) is 38.9 Å². The van der Waals surface area contributed by atoms with E-state index >= 15 is 0 Å². The molecule has 2 aromatic rings. The van der Waals surface area contributed by atoms with E-state index in [1.54, 1.807) is 12.4 Å². The first kappa shape index (κ1) is 10.9. The van der Waals surface area contributed by atoms with E-state index in [2.05, 4.69) is 16.9 Å². The number of unbranched alkanes of at least 4 members (excludes halogenated alkanes) is 2. The number of aryl methyl sites for hydroxylation is 1. The summed E-state index contributed by atoms with van der Waals surface area (Å²) in [6.07, 6.45) is 9.93. The summed E-state index contributed by atoms with van der Waals surface area (Å²) in [6, 6.07) is 3.81. The van der Waals surface area contributed by atoms with Gasteiger partial charge in [-0.25, -0.2) is 4.98 Å². The summed E-state index contributed by atoms with van der Waals surface area (Å²) in [6.45, 7) is 2.20. The molecule has 0 amide bonds. The summed E-state index contributed by atoms with van der Waals surface area (Å²) < 4.78 is 5.68. The zero-order valence-corrected chi connectivity index (χ0v) is 9.52. The molecule has 0 spiro atoms. The van der Waals surface area contributed by atoms with E-state index in [-0.39, 0.29) is 0 Å². The highest BCUT2D eigenvalue weighted by Crippen LogP contribution is 2.18. The van der Waals surface area contributed by atoms with Gasteiger partial charge < -0.3 is 4.42 Å². The maximum Gasteiger partial charge on any atom is 0.226 e. The van der Waals surface area contributed by atoms with Crippen LogP contribution in [-0.4, -0.2) is 9.97 Å². The molecule has 0 aliphatic carbocycles. The SMILES string of the molecule is CCCCCc1cnc(-c2ccncc2)o1. The Kier molecular flexibility index (Phi) is 3.70. The minimum absolute atomic E-state index is 0.689. The monoisotopic (exact) mass is 216 g/mol. The quantitative estimate of drug-likeness (QED) is 0.718. The molecule has 0 saturated heterocycles. The van der Waals surface area contributed by atoms with Crippen molar-refractivity contribution in [3.05, 3.63) is 36.5 Å². The van der Waals surface area contributed by atoms with Crippen LogP contribution in [0.1, 0.15) is 31.9 Å². The maximum absolute atomic E-state index is 5.68. The van der Waals surface area contributed by atoms with Crippen LogP contribution in [0.25, 0.3) is 11.5 Å². The molecule has 2 rings (SSSR count). The van der Waals surface area contributed by atoms with Gasteiger partial charge >= 0.3 is 0 Å². The minimum Gasteiger partial charge on any atom is -0.441 e. The van der Waals surface area contributed by atoms with Gasteiger partial charge in [-0.15, -0.1) is 0 Å². The van der Waals surface area contributed by atoms with Gasteiger partial charge in [0.15, 0.2) is 0 Å². The van der Waals surface area contributed by atoms with Gasteiger partial charge in [0.1, 0.15) is 5.76 Å². The molecule has 2 heterocycles. The lowest BCUT2D eigenvalue weighted by atomic mass is 10.2. The van der Waals surface area contributed by atoms with E-state index in [0.717, 1.165) is 17.7 Å². The van der Waals surface area contributed by atoms with Crippen molar-refractivity contribution in [1.82, 2.24) is 9.97 Å². The highest BCUT2D eigenvalue weighted by molar-refractivity contribution is 5.51. The zero-order chi connectivity index (χ0) is 11.2. The Morgan fingerprint density at radius 2 is 2.00 bits per heavy atom. The third-order valence-electron chi connectivity index (χ3n) is 2.51. The van der Waals surface area contributed by atoms with Crippen molar-refractivity contribution in [2.75, 3.05) is 0 Å². The number of rotatable bonds is 5. The molecule has 2 aromatic heterocycles. The third-order valence-corrected chi connectivity index (χ3v) is 2.51. The Labute approximate surface area is 95.5 Å². The number of oxazole rings is 1. The van der Waals surface area contributed by atoms with E-state index in [0.29, 0.717) is 5.89 Å².